The summed E-state index contributed by atoms with van der Waals surface area (Å²) in [5.74, 6) is 0. The quantitative estimate of drug-likeness (QED) is 0.558. The summed E-state index contributed by atoms with van der Waals surface area (Å²) in [6.45, 7) is 15.3. The van der Waals surface area contributed by atoms with E-state index in [4.69, 9.17) is 12.2 Å². The Labute approximate surface area is 100 Å². The minimum Gasteiger partial charge on any atom is -0.379 e. The average Bonchev–Trinajstić information content (AvgIpc) is 2.16. The van der Waals surface area contributed by atoms with Gasteiger partial charge in [0, 0.05) is 12.0 Å². The third kappa shape index (κ3) is 6.85. The molecule has 0 radical (unpaired) electrons. The van der Waals surface area contributed by atoms with E-state index in [1.54, 1.807) is 0 Å². The molecule has 1 N–H and O–H groups in total. The van der Waals surface area contributed by atoms with Crippen LogP contribution >= 0.6 is 12.2 Å². The third-order valence-electron chi connectivity index (χ3n) is 2.51. The van der Waals surface area contributed by atoms with Gasteiger partial charge in [-0.1, -0.05) is 46.8 Å². The standard InChI is InChI=1S/C12H26N2S/c1-6-14(7-2)10-8-9-13-11(15)12(3,4)5/h6-10H2,1-5H3,(H,13,15). The molecular formula is C12H26N2S. The van der Waals surface area contributed by atoms with Crippen molar-refractivity contribution in [3.8, 4) is 0 Å². The van der Waals surface area contributed by atoms with Gasteiger partial charge in [-0.25, -0.2) is 0 Å². The zero-order valence-electron chi connectivity index (χ0n) is 10.9. The van der Waals surface area contributed by atoms with Crippen LogP contribution in [-0.2, 0) is 0 Å². The second-order valence-electron chi connectivity index (χ2n) is 4.89. The van der Waals surface area contributed by atoms with Crippen LogP contribution in [0.1, 0.15) is 41.0 Å². The van der Waals surface area contributed by atoms with E-state index in [-0.39, 0.29) is 5.41 Å². The second-order valence-corrected chi connectivity index (χ2v) is 5.29. The summed E-state index contributed by atoms with van der Waals surface area (Å²) < 4.78 is 0. The van der Waals surface area contributed by atoms with E-state index in [1.165, 1.54) is 0 Å². The van der Waals surface area contributed by atoms with Crippen LogP contribution in [0.5, 0.6) is 0 Å². The van der Waals surface area contributed by atoms with Crippen LogP contribution in [-0.4, -0.2) is 36.1 Å². The van der Waals surface area contributed by atoms with Gasteiger partial charge in [-0.05, 0) is 26.1 Å². The Bertz CT molecular complexity index is 181. The third-order valence-corrected chi connectivity index (χ3v) is 3.27. The predicted molar refractivity (Wildman–Crippen MR) is 72.5 cm³/mol. The minimum absolute atomic E-state index is 0.102. The van der Waals surface area contributed by atoms with Crippen LogP contribution in [0.15, 0.2) is 0 Å². The molecule has 3 heteroatoms. The van der Waals surface area contributed by atoms with Crippen molar-refractivity contribution in [1.29, 1.82) is 0 Å². The van der Waals surface area contributed by atoms with Crippen molar-refractivity contribution in [2.24, 2.45) is 5.41 Å². The van der Waals surface area contributed by atoms with Gasteiger partial charge in [-0.15, -0.1) is 0 Å². The Balaban J connectivity index is 3.59. The van der Waals surface area contributed by atoms with Gasteiger partial charge in [0.15, 0.2) is 0 Å². The van der Waals surface area contributed by atoms with Gasteiger partial charge >= 0.3 is 0 Å². The molecule has 0 aromatic carbocycles. The van der Waals surface area contributed by atoms with Crippen molar-refractivity contribution in [2.75, 3.05) is 26.2 Å². The Hall–Kier alpha value is -0.150. The SMILES string of the molecule is CCN(CC)CCCNC(=S)C(C)(C)C. The molecule has 0 amide bonds. The number of hydrogen-bond acceptors (Lipinski definition) is 2. The van der Waals surface area contributed by atoms with Crippen LogP contribution < -0.4 is 5.32 Å². The first-order chi connectivity index (χ1) is 6.91. The topological polar surface area (TPSA) is 15.3 Å². The van der Waals surface area contributed by atoms with E-state index >= 15 is 0 Å². The zero-order chi connectivity index (χ0) is 11.9. The Morgan fingerprint density at radius 1 is 1.20 bits per heavy atom. The molecule has 0 aromatic heterocycles. The smallest absolute Gasteiger partial charge is 0.0807 e. The van der Waals surface area contributed by atoms with Crippen molar-refractivity contribution in [3.05, 3.63) is 0 Å². The summed E-state index contributed by atoms with van der Waals surface area (Å²) in [5.41, 5.74) is 0.102. The summed E-state index contributed by atoms with van der Waals surface area (Å²) in [7, 11) is 0. The predicted octanol–water partition coefficient (Wildman–Crippen LogP) is 2.68. The molecule has 0 aliphatic carbocycles. The number of nitrogens with zero attached hydrogens (tertiary/aromatic N) is 1. The Morgan fingerprint density at radius 3 is 2.13 bits per heavy atom. The van der Waals surface area contributed by atoms with Crippen LogP contribution in [0.4, 0.5) is 0 Å². The highest BCUT2D eigenvalue weighted by Crippen LogP contribution is 2.13. The summed E-state index contributed by atoms with van der Waals surface area (Å²) in [4.78, 5) is 3.41. The van der Waals surface area contributed by atoms with Gasteiger partial charge < -0.3 is 10.2 Å². The molecule has 2 nitrogen and oxygen atoms in total. The monoisotopic (exact) mass is 230 g/mol. The van der Waals surface area contributed by atoms with Gasteiger partial charge in [0.1, 0.15) is 0 Å². The van der Waals surface area contributed by atoms with E-state index in [0.717, 1.165) is 37.6 Å². The molecule has 0 atom stereocenters. The van der Waals surface area contributed by atoms with Gasteiger partial charge in [-0.3, -0.25) is 0 Å². The summed E-state index contributed by atoms with van der Waals surface area (Å²) >= 11 is 5.30. The lowest BCUT2D eigenvalue weighted by molar-refractivity contribution is 0.300. The van der Waals surface area contributed by atoms with Crippen LogP contribution in [0.2, 0.25) is 0 Å². The van der Waals surface area contributed by atoms with Crippen molar-refractivity contribution in [2.45, 2.75) is 41.0 Å². The number of thiocarbonyl (C=S) groups is 1. The Kier molecular flexibility index (Phi) is 7.11. The maximum Gasteiger partial charge on any atom is 0.0807 e. The lowest BCUT2D eigenvalue weighted by Gasteiger charge is -2.22. The zero-order valence-corrected chi connectivity index (χ0v) is 11.7. The second kappa shape index (κ2) is 7.18. The van der Waals surface area contributed by atoms with Crippen LogP contribution in [0, 0.1) is 5.41 Å². The molecule has 0 rings (SSSR count). The highest BCUT2D eigenvalue weighted by molar-refractivity contribution is 7.80. The lowest BCUT2D eigenvalue weighted by Crippen LogP contribution is -2.35. The first-order valence-corrected chi connectivity index (χ1v) is 6.33. The largest absolute Gasteiger partial charge is 0.379 e. The molecule has 0 aliphatic heterocycles. The molecule has 0 bridgehead atoms. The van der Waals surface area contributed by atoms with Crippen molar-refractivity contribution >= 4 is 17.2 Å². The molecule has 90 valence electrons. The van der Waals surface area contributed by atoms with E-state index < -0.39 is 0 Å². The molecule has 0 aromatic rings. The van der Waals surface area contributed by atoms with Gasteiger partial charge in [0.25, 0.3) is 0 Å². The molecule has 0 saturated heterocycles. The fourth-order valence-corrected chi connectivity index (χ4v) is 1.41. The van der Waals surface area contributed by atoms with Crippen LogP contribution in [0.3, 0.4) is 0 Å². The number of nitrogens with one attached hydrogen (secondary N) is 1. The first-order valence-electron chi connectivity index (χ1n) is 5.92. The molecule has 0 fully saturated rings. The summed E-state index contributed by atoms with van der Waals surface area (Å²) in [6, 6.07) is 0. The molecule has 0 spiro atoms. The van der Waals surface area contributed by atoms with Gasteiger partial charge in [0.05, 0.1) is 4.99 Å². The maximum atomic E-state index is 5.30. The van der Waals surface area contributed by atoms with E-state index in [1.807, 2.05) is 0 Å². The molecule has 0 aliphatic rings. The highest BCUT2D eigenvalue weighted by atomic mass is 32.1. The molecule has 15 heavy (non-hydrogen) atoms. The minimum atomic E-state index is 0.102. The fraction of sp³-hybridized carbons (Fsp3) is 0.917. The summed E-state index contributed by atoms with van der Waals surface area (Å²) in [6.07, 6.45) is 1.16. The number of hydrogen-bond donors (Lipinski definition) is 1. The molecule has 0 saturated carbocycles. The lowest BCUT2D eigenvalue weighted by atomic mass is 9.97. The van der Waals surface area contributed by atoms with Crippen molar-refractivity contribution in [3.63, 3.8) is 0 Å². The first kappa shape index (κ1) is 14.8. The normalized spacial score (nSPS) is 11.9. The van der Waals surface area contributed by atoms with E-state index in [9.17, 15) is 0 Å². The van der Waals surface area contributed by atoms with Crippen LogP contribution in [0.25, 0.3) is 0 Å². The molecule has 0 heterocycles. The molecule has 0 unspecified atom stereocenters. The number of rotatable bonds is 6. The Morgan fingerprint density at radius 2 is 1.73 bits per heavy atom. The molecular weight excluding hydrogens is 204 g/mol. The highest BCUT2D eigenvalue weighted by Gasteiger charge is 2.15. The van der Waals surface area contributed by atoms with E-state index in [2.05, 4.69) is 44.8 Å². The summed E-state index contributed by atoms with van der Waals surface area (Å²) in [5, 5.41) is 3.33. The van der Waals surface area contributed by atoms with E-state index in [0.29, 0.717) is 0 Å². The maximum absolute atomic E-state index is 5.30. The van der Waals surface area contributed by atoms with Crippen molar-refractivity contribution in [1.82, 2.24) is 10.2 Å². The van der Waals surface area contributed by atoms with Gasteiger partial charge in [-0.2, -0.15) is 0 Å². The van der Waals surface area contributed by atoms with Gasteiger partial charge in [0.2, 0.25) is 0 Å². The fourth-order valence-electron chi connectivity index (χ4n) is 1.31. The average molecular weight is 230 g/mol. The van der Waals surface area contributed by atoms with Crippen molar-refractivity contribution < 1.29 is 0 Å².